The summed E-state index contributed by atoms with van der Waals surface area (Å²) in [6.45, 7) is 4.28. The summed E-state index contributed by atoms with van der Waals surface area (Å²) in [5.41, 5.74) is 7.11. The minimum absolute atomic E-state index is 0.0653. The highest BCUT2D eigenvalue weighted by Crippen LogP contribution is 2.47. The Morgan fingerprint density at radius 1 is 1.26 bits per heavy atom. The van der Waals surface area contributed by atoms with Gasteiger partial charge >= 0.3 is 0 Å². The molecule has 2 rings (SSSR count). The normalized spacial score (nSPS) is 20.4. The molecule has 0 aliphatic carbocycles. The predicted molar refractivity (Wildman–Crippen MR) is 75.0 cm³/mol. The zero-order chi connectivity index (χ0) is 14.0. The fraction of sp³-hybridized carbons (Fsp3) is 0.600. The SMILES string of the molecule is CCC1(CC)CC(N)c2c(OC)cc(OC)cc2O1. The molecule has 4 heteroatoms. The minimum atomic E-state index is -0.177. The van der Waals surface area contributed by atoms with Gasteiger partial charge in [0, 0.05) is 24.6 Å². The van der Waals surface area contributed by atoms with Gasteiger partial charge in [-0.1, -0.05) is 13.8 Å². The average Bonchev–Trinajstić information content (AvgIpc) is 2.45. The molecule has 0 bridgehead atoms. The monoisotopic (exact) mass is 265 g/mol. The molecule has 19 heavy (non-hydrogen) atoms. The van der Waals surface area contributed by atoms with Gasteiger partial charge in [-0.15, -0.1) is 0 Å². The maximum absolute atomic E-state index is 6.34. The summed E-state index contributed by atoms with van der Waals surface area (Å²) in [7, 11) is 3.28. The first-order valence-electron chi connectivity index (χ1n) is 6.79. The first-order valence-corrected chi connectivity index (χ1v) is 6.79. The summed E-state index contributed by atoms with van der Waals surface area (Å²) in [4.78, 5) is 0. The van der Waals surface area contributed by atoms with Crippen molar-refractivity contribution < 1.29 is 14.2 Å². The van der Waals surface area contributed by atoms with Crippen molar-refractivity contribution in [3.63, 3.8) is 0 Å². The molecule has 0 fully saturated rings. The molecule has 4 nitrogen and oxygen atoms in total. The van der Waals surface area contributed by atoms with Crippen LogP contribution in [0.25, 0.3) is 0 Å². The second-order valence-electron chi connectivity index (χ2n) is 5.04. The molecule has 0 radical (unpaired) electrons. The molecule has 0 saturated heterocycles. The number of fused-ring (bicyclic) bond motifs is 1. The smallest absolute Gasteiger partial charge is 0.132 e. The van der Waals surface area contributed by atoms with Crippen LogP contribution in [0.15, 0.2) is 12.1 Å². The highest BCUT2D eigenvalue weighted by atomic mass is 16.5. The summed E-state index contributed by atoms with van der Waals surface area (Å²) in [6, 6.07) is 3.69. The van der Waals surface area contributed by atoms with Crippen molar-refractivity contribution in [2.45, 2.75) is 44.8 Å². The largest absolute Gasteiger partial charge is 0.496 e. The minimum Gasteiger partial charge on any atom is -0.496 e. The summed E-state index contributed by atoms with van der Waals surface area (Å²) in [5.74, 6) is 2.26. The molecule has 0 spiro atoms. The maximum Gasteiger partial charge on any atom is 0.132 e. The van der Waals surface area contributed by atoms with Crippen molar-refractivity contribution in [3.05, 3.63) is 17.7 Å². The molecule has 1 heterocycles. The van der Waals surface area contributed by atoms with Gasteiger partial charge in [0.25, 0.3) is 0 Å². The lowest BCUT2D eigenvalue weighted by Crippen LogP contribution is -2.42. The van der Waals surface area contributed by atoms with Crippen molar-refractivity contribution in [1.29, 1.82) is 0 Å². The van der Waals surface area contributed by atoms with Crippen LogP contribution in [0.1, 0.15) is 44.7 Å². The van der Waals surface area contributed by atoms with Crippen LogP contribution in [0.4, 0.5) is 0 Å². The van der Waals surface area contributed by atoms with Gasteiger partial charge in [-0.25, -0.2) is 0 Å². The van der Waals surface area contributed by atoms with E-state index in [4.69, 9.17) is 19.9 Å². The second kappa shape index (κ2) is 5.29. The van der Waals surface area contributed by atoms with E-state index in [9.17, 15) is 0 Å². The third-order valence-electron chi connectivity index (χ3n) is 4.11. The van der Waals surface area contributed by atoms with Gasteiger partial charge in [0.1, 0.15) is 22.8 Å². The Hall–Kier alpha value is -1.42. The lowest BCUT2D eigenvalue weighted by molar-refractivity contribution is 0.0271. The Balaban J connectivity index is 2.51. The van der Waals surface area contributed by atoms with E-state index in [2.05, 4.69) is 13.8 Å². The van der Waals surface area contributed by atoms with E-state index in [-0.39, 0.29) is 11.6 Å². The molecule has 1 aliphatic heterocycles. The van der Waals surface area contributed by atoms with Crippen LogP contribution in [0, 0.1) is 0 Å². The fourth-order valence-electron chi connectivity index (χ4n) is 2.77. The molecular formula is C15H23NO3. The van der Waals surface area contributed by atoms with Gasteiger partial charge in [0.2, 0.25) is 0 Å². The zero-order valence-electron chi connectivity index (χ0n) is 12.2. The molecular weight excluding hydrogens is 242 g/mol. The van der Waals surface area contributed by atoms with E-state index < -0.39 is 0 Å². The Morgan fingerprint density at radius 3 is 2.47 bits per heavy atom. The van der Waals surface area contributed by atoms with Crippen LogP contribution in [0.3, 0.4) is 0 Å². The van der Waals surface area contributed by atoms with Gasteiger partial charge < -0.3 is 19.9 Å². The Morgan fingerprint density at radius 2 is 1.95 bits per heavy atom. The summed E-state index contributed by atoms with van der Waals surface area (Å²) >= 11 is 0. The molecule has 1 unspecified atom stereocenters. The molecule has 2 N–H and O–H groups in total. The van der Waals surface area contributed by atoms with Crippen molar-refractivity contribution in [2.24, 2.45) is 5.73 Å². The number of rotatable bonds is 4. The molecule has 1 aromatic rings. The van der Waals surface area contributed by atoms with Crippen LogP contribution in [-0.2, 0) is 0 Å². The van der Waals surface area contributed by atoms with Crippen LogP contribution < -0.4 is 19.9 Å². The van der Waals surface area contributed by atoms with Crippen molar-refractivity contribution >= 4 is 0 Å². The number of hydrogen-bond donors (Lipinski definition) is 1. The van der Waals surface area contributed by atoms with E-state index in [0.29, 0.717) is 0 Å². The third-order valence-corrected chi connectivity index (χ3v) is 4.11. The predicted octanol–water partition coefficient (Wildman–Crippen LogP) is 3.04. The van der Waals surface area contributed by atoms with Gasteiger partial charge in [-0.2, -0.15) is 0 Å². The lowest BCUT2D eigenvalue weighted by atomic mass is 9.83. The lowest BCUT2D eigenvalue weighted by Gasteiger charge is -2.40. The van der Waals surface area contributed by atoms with E-state index >= 15 is 0 Å². The van der Waals surface area contributed by atoms with Gasteiger partial charge in [0.05, 0.1) is 19.8 Å². The molecule has 1 aromatic carbocycles. The first-order chi connectivity index (χ1) is 9.09. The second-order valence-corrected chi connectivity index (χ2v) is 5.04. The summed E-state index contributed by atoms with van der Waals surface area (Å²) in [6.07, 6.45) is 2.70. The topological polar surface area (TPSA) is 53.7 Å². The average molecular weight is 265 g/mol. The maximum atomic E-state index is 6.34. The van der Waals surface area contributed by atoms with Crippen molar-refractivity contribution in [3.8, 4) is 17.2 Å². The molecule has 0 saturated carbocycles. The number of hydrogen-bond acceptors (Lipinski definition) is 4. The number of nitrogens with two attached hydrogens (primary N) is 1. The third kappa shape index (κ3) is 2.37. The molecule has 106 valence electrons. The fourth-order valence-corrected chi connectivity index (χ4v) is 2.77. The number of methoxy groups -OCH3 is 2. The Labute approximate surface area is 114 Å². The molecule has 1 aliphatic rings. The number of benzene rings is 1. The van der Waals surface area contributed by atoms with Crippen molar-refractivity contribution in [1.82, 2.24) is 0 Å². The number of ether oxygens (including phenoxy) is 3. The zero-order valence-corrected chi connectivity index (χ0v) is 12.2. The summed E-state index contributed by atoms with van der Waals surface area (Å²) < 4.78 is 16.9. The van der Waals surface area contributed by atoms with Crippen LogP contribution in [-0.4, -0.2) is 19.8 Å². The van der Waals surface area contributed by atoms with E-state index in [1.807, 2.05) is 12.1 Å². The van der Waals surface area contributed by atoms with Crippen LogP contribution in [0.5, 0.6) is 17.2 Å². The van der Waals surface area contributed by atoms with Gasteiger partial charge in [-0.3, -0.25) is 0 Å². The first kappa shape index (κ1) is 14.0. The summed E-state index contributed by atoms with van der Waals surface area (Å²) in [5, 5.41) is 0. The molecule has 0 amide bonds. The van der Waals surface area contributed by atoms with Crippen LogP contribution >= 0.6 is 0 Å². The van der Waals surface area contributed by atoms with E-state index in [0.717, 1.165) is 42.1 Å². The molecule has 1 atom stereocenters. The Kier molecular flexibility index (Phi) is 3.90. The highest BCUT2D eigenvalue weighted by Gasteiger charge is 2.38. The van der Waals surface area contributed by atoms with Gasteiger partial charge in [0.15, 0.2) is 0 Å². The standard InChI is InChI=1S/C15H23NO3/c1-5-15(6-2)9-11(16)14-12(18-4)7-10(17-3)8-13(14)19-15/h7-8,11H,5-6,9,16H2,1-4H3. The van der Waals surface area contributed by atoms with Crippen LogP contribution in [0.2, 0.25) is 0 Å². The quantitative estimate of drug-likeness (QED) is 0.909. The highest BCUT2D eigenvalue weighted by molar-refractivity contribution is 5.53. The van der Waals surface area contributed by atoms with Crippen molar-refractivity contribution in [2.75, 3.05) is 14.2 Å². The Bertz CT molecular complexity index is 455. The van der Waals surface area contributed by atoms with E-state index in [1.54, 1.807) is 14.2 Å². The van der Waals surface area contributed by atoms with Gasteiger partial charge in [-0.05, 0) is 12.8 Å². The van der Waals surface area contributed by atoms with E-state index in [1.165, 1.54) is 0 Å². The molecule has 0 aromatic heterocycles.